The smallest absolute Gasteiger partial charge is 0.339 e. The Kier molecular flexibility index (Phi) is 3.34. The lowest BCUT2D eigenvalue weighted by Crippen LogP contribution is -2.38. The molecule has 21 heavy (non-hydrogen) atoms. The molecule has 1 aromatic carbocycles. The summed E-state index contributed by atoms with van der Waals surface area (Å²) in [7, 11) is 0. The summed E-state index contributed by atoms with van der Waals surface area (Å²) in [5, 5.41) is 10.0. The second-order valence-electron chi connectivity index (χ2n) is 4.51. The standard InChI is InChI=1S/C14H12N2O4S/c1-8-15-7-11(21-8)13(17)16-5-6-20-12-9(14(18)19)3-2-4-10(12)16/h2-4,7H,5-6H2,1H3,(H,18,19). The Bertz CT molecular complexity index is 726. The minimum Gasteiger partial charge on any atom is -0.489 e. The predicted octanol–water partition coefficient (Wildman–Crippen LogP) is 2.19. The third-order valence-electron chi connectivity index (χ3n) is 3.15. The number of amides is 1. The van der Waals surface area contributed by atoms with Crippen LogP contribution < -0.4 is 9.64 Å². The van der Waals surface area contributed by atoms with Gasteiger partial charge in [-0.05, 0) is 19.1 Å². The third-order valence-corrected chi connectivity index (χ3v) is 4.05. The summed E-state index contributed by atoms with van der Waals surface area (Å²) in [4.78, 5) is 29.9. The highest BCUT2D eigenvalue weighted by molar-refractivity contribution is 7.13. The molecule has 7 heteroatoms. The molecule has 0 radical (unpaired) electrons. The summed E-state index contributed by atoms with van der Waals surface area (Å²) >= 11 is 1.32. The molecule has 0 atom stereocenters. The Morgan fingerprint density at radius 1 is 1.43 bits per heavy atom. The van der Waals surface area contributed by atoms with E-state index in [0.717, 1.165) is 5.01 Å². The molecule has 0 spiro atoms. The van der Waals surface area contributed by atoms with E-state index in [0.29, 0.717) is 17.1 Å². The molecule has 0 bridgehead atoms. The van der Waals surface area contributed by atoms with Crippen molar-refractivity contribution in [3.8, 4) is 5.75 Å². The first-order valence-corrected chi connectivity index (χ1v) is 7.13. The molecule has 6 nitrogen and oxygen atoms in total. The molecule has 1 aliphatic heterocycles. The van der Waals surface area contributed by atoms with Crippen LogP contribution in [0.15, 0.2) is 24.4 Å². The number of thiazole rings is 1. The molecule has 1 N–H and O–H groups in total. The molecule has 1 amide bonds. The van der Waals surface area contributed by atoms with E-state index in [9.17, 15) is 14.7 Å². The van der Waals surface area contributed by atoms with Gasteiger partial charge >= 0.3 is 5.97 Å². The molecule has 0 aliphatic carbocycles. The lowest BCUT2D eigenvalue weighted by Gasteiger charge is -2.29. The zero-order valence-electron chi connectivity index (χ0n) is 11.2. The van der Waals surface area contributed by atoms with Gasteiger partial charge in [0.1, 0.15) is 17.0 Å². The number of aryl methyl sites for hydroxylation is 1. The number of para-hydroxylation sites is 1. The Hall–Kier alpha value is -2.41. The van der Waals surface area contributed by atoms with Crippen molar-refractivity contribution in [2.24, 2.45) is 0 Å². The maximum absolute atomic E-state index is 12.6. The quantitative estimate of drug-likeness (QED) is 0.920. The number of ether oxygens (including phenoxy) is 1. The number of benzene rings is 1. The number of carbonyl (C=O) groups excluding carboxylic acids is 1. The SMILES string of the molecule is Cc1ncc(C(=O)N2CCOc3c(C(=O)O)cccc32)s1. The minimum atomic E-state index is -1.07. The number of carbonyl (C=O) groups is 2. The fourth-order valence-corrected chi connectivity index (χ4v) is 2.95. The van der Waals surface area contributed by atoms with Gasteiger partial charge in [0.2, 0.25) is 0 Å². The Balaban J connectivity index is 2.03. The van der Waals surface area contributed by atoms with Gasteiger partial charge in [-0.3, -0.25) is 4.79 Å². The van der Waals surface area contributed by atoms with Gasteiger partial charge in [0.05, 0.1) is 23.4 Å². The van der Waals surface area contributed by atoms with E-state index in [4.69, 9.17) is 4.74 Å². The van der Waals surface area contributed by atoms with Gasteiger partial charge in [-0.15, -0.1) is 11.3 Å². The first-order chi connectivity index (χ1) is 10.1. The number of hydrogen-bond donors (Lipinski definition) is 1. The number of rotatable bonds is 2. The zero-order chi connectivity index (χ0) is 15.0. The molecule has 2 aromatic rings. The van der Waals surface area contributed by atoms with Crippen LogP contribution in [0, 0.1) is 6.92 Å². The molecular formula is C14H12N2O4S. The molecule has 108 valence electrons. The van der Waals surface area contributed by atoms with E-state index in [2.05, 4.69) is 4.98 Å². The summed E-state index contributed by atoms with van der Waals surface area (Å²) < 4.78 is 5.45. The topological polar surface area (TPSA) is 79.7 Å². The normalized spacial score (nSPS) is 13.5. The van der Waals surface area contributed by atoms with Crippen molar-refractivity contribution in [3.63, 3.8) is 0 Å². The molecule has 0 saturated heterocycles. The number of fused-ring (bicyclic) bond motifs is 1. The summed E-state index contributed by atoms with van der Waals surface area (Å²) in [5.41, 5.74) is 0.544. The fourth-order valence-electron chi connectivity index (χ4n) is 2.22. The monoisotopic (exact) mass is 304 g/mol. The first kappa shape index (κ1) is 13.6. The van der Waals surface area contributed by atoms with Crippen molar-refractivity contribution in [3.05, 3.63) is 39.8 Å². The van der Waals surface area contributed by atoms with Gasteiger partial charge in [0.25, 0.3) is 5.91 Å². The van der Waals surface area contributed by atoms with Crippen LogP contribution >= 0.6 is 11.3 Å². The van der Waals surface area contributed by atoms with E-state index >= 15 is 0 Å². The van der Waals surface area contributed by atoms with Gasteiger partial charge in [-0.1, -0.05) is 6.07 Å². The molecule has 3 rings (SSSR count). The van der Waals surface area contributed by atoms with Gasteiger partial charge < -0.3 is 14.7 Å². The van der Waals surface area contributed by atoms with E-state index in [1.807, 2.05) is 6.92 Å². The number of aromatic carboxylic acids is 1. The van der Waals surface area contributed by atoms with Crippen LogP contribution in [-0.2, 0) is 0 Å². The Morgan fingerprint density at radius 2 is 2.24 bits per heavy atom. The van der Waals surface area contributed by atoms with Gasteiger partial charge in [-0.2, -0.15) is 0 Å². The highest BCUT2D eigenvalue weighted by Gasteiger charge is 2.28. The van der Waals surface area contributed by atoms with Crippen LogP contribution in [0.25, 0.3) is 0 Å². The molecule has 0 unspecified atom stereocenters. The van der Waals surface area contributed by atoms with Crippen LogP contribution in [0.4, 0.5) is 5.69 Å². The number of carboxylic acids is 1. The Morgan fingerprint density at radius 3 is 2.90 bits per heavy atom. The maximum Gasteiger partial charge on any atom is 0.339 e. The second kappa shape index (κ2) is 5.17. The number of carboxylic acid groups (broad SMARTS) is 1. The molecule has 1 aliphatic rings. The molecule has 1 aromatic heterocycles. The van der Waals surface area contributed by atoms with Crippen LogP contribution in [0.5, 0.6) is 5.75 Å². The van der Waals surface area contributed by atoms with Crippen molar-refractivity contribution in [2.75, 3.05) is 18.1 Å². The fraction of sp³-hybridized carbons (Fsp3) is 0.214. The number of aromatic nitrogens is 1. The van der Waals surface area contributed by atoms with Crippen LogP contribution in [0.3, 0.4) is 0 Å². The van der Waals surface area contributed by atoms with E-state index in [1.165, 1.54) is 22.3 Å². The van der Waals surface area contributed by atoms with Crippen molar-refractivity contribution in [1.82, 2.24) is 4.98 Å². The second-order valence-corrected chi connectivity index (χ2v) is 5.74. The predicted molar refractivity (Wildman–Crippen MR) is 77.4 cm³/mol. The van der Waals surface area contributed by atoms with Crippen molar-refractivity contribution < 1.29 is 19.4 Å². The lowest BCUT2D eigenvalue weighted by molar-refractivity contribution is 0.0690. The molecular weight excluding hydrogens is 292 g/mol. The number of anilines is 1. The van der Waals surface area contributed by atoms with E-state index < -0.39 is 5.97 Å². The first-order valence-electron chi connectivity index (χ1n) is 6.31. The van der Waals surface area contributed by atoms with Crippen LogP contribution in [0.2, 0.25) is 0 Å². The molecule has 0 saturated carbocycles. The van der Waals surface area contributed by atoms with Crippen LogP contribution in [-0.4, -0.2) is 35.1 Å². The highest BCUT2D eigenvalue weighted by atomic mass is 32.1. The zero-order valence-corrected chi connectivity index (χ0v) is 12.0. The third kappa shape index (κ3) is 2.36. The minimum absolute atomic E-state index is 0.0606. The largest absolute Gasteiger partial charge is 0.489 e. The van der Waals surface area contributed by atoms with Gasteiger partial charge in [-0.25, -0.2) is 9.78 Å². The van der Waals surface area contributed by atoms with Crippen molar-refractivity contribution in [1.29, 1.82) is 0 Å². The Labute approximate surface area is 124 Å². The summed E-state index contributed by atoms with van der Waals surface area (Å²) in [6.07, 6.45) is 1.54. The number of nitrogens with zero attached hydrogens (tertiary/aromatic N) is 2. The average Bonchev–Trinajstić information content (AvgIpc) is 2.91. The van der Waals surface area contributed by atoms with Crippen molar-refractivity contribution in [2.45, 2.75) is 6.92 Å². The van der Waals surface area contributed by atoms with Gasteiger partial charge in [0, 0.05) is 0 Å². The molecule has 2 heterocycles. The average molecular weight is 304 g/mol. The summed E-state index contributed by atoms with van der Waals surface area (Å²) in [5.74, 6) is -1.02. The van der Waals surface area contributed by atoms with E-state index in [1.54, 1.807) is 18.3 Å². The summed E-state index contributed by atoms with van der Waals surface area (Å²) in [6, 6.07) is 4.76. The maximum atomic E-state index is 12.6. The van der Waals surface area contributed by atoms with Crippen LogP contribution in [0.1, 0.15) is 25.0 Å². The molecule has 0 fully saturated rings. The summed E-state index contributed by atoms with van der Waals surface area (Å²) in [6.45, 7) is 2.48. The van der Waals surface area contributed by atoms with Gasteiger partial charge in [0.15, 0.2) is 5.75 Å². The van der Waals surface area contributed by atoms with Crippen molar-refractivity contribution >= 4 is 28.9 Å². The highest BCUT2D eigenvalue weighted by Crippen LogP contribution is 2.36. The number of hydrogen-bond acceptors (Lipinski definition) is 5. The van der Waals surface area contributed by atoms with E-state index in [-0.39, 0.29) is 23.8 Å². The lowest BCUT2D eigenvalue weighted by atomic mass is 10.1.